The number of allylic oxidation sites excluding steroid dienone is 2. The zero-order chi connectivity index (χ0) is 26.5. The van der Waals surface area contributed by atoms with Gasteiger partial charge in [0.25, 0.3) is 0 Å². The van der Waals surface area contributed by atoms with E-state index in [0.29, 0.717) is 17.5 Å². The van der Waals surface area contributed by atoms with E-state index >= 15 is 0 Å². The minimum Gasteiger partial charge on any atom is -0.387 e. The summed E-state index contributed by atoms with van der Waals surface area (Å²) < 4.78 is 3.67. The number of pyridine rings is 1. The summed E-state index contributed by atoms with van der Waals surface area (Å²) in [7, 11) is 0. The van der Waals surface area contributed by atoms with Crippen LogP contribution in [0.4, 0.5) is 0 Å². The molecule has 40 heavy (non-hydrogen) atoms. The summed E-state index contributed by atoms with van der Waals surface area (Å²) in [6, 6.07) is 27.6. The van der Waals surface area contributed by atoms with Crippen LogP contribution in [0.3, 0.4) is 0 Å². The van der Waals surface area contributed by atoms with Gasteiger partial charge in [-0.1, -0.05) is 30.3 Å². The molecule has 0 spiro atoms. The van der Waals surface area contributed by atoms with E-state index in [2.05, 4.69) is 93.1 Å². The molecule has 1 aliphatic rings. The summed E-state index contributed by atoms with van der Waals surface area (Å²) in [6.07, 6.45) is 9.52. The molecular weight excluding hydrogens is 512 g/mol. The number of hydrogen-bond donors (Lipinski definition) is 1. The standard InChI is InChI=1S/C33H22N6S/c1-2-4-27-26(3-1)29-28(10-7-21-15-20-40-30(21)29)39(27)25-8-5-22(6-9-25)31-36-32(23-11-16-34-17-12-23)38-33(37-31)24-13-18-35-19-14-24/h1-18,20,35H,19H2. The lowest BCUT2D eigenvalue weighted by molar-refractivity contribution is 0.964. The number of nitrogens with zero attached hydrogens (tertiary/aromatic N) is 5. The average molecular weight is 535 g/mol. The van der Waals surface area contributed by atoms with Crippen LogP contribution in [0.25, 0.3) is 65.9 Å². The van der Waals surface area contributed by atoms with Gasteiger partial charge in [0, 0.05) is 56.8 Å². The minimum absolute atomic E-state index is 0.627. The highest BCUT2D eigenvalue weighted by atomic mass is 32.1. The van der Waals surface area contributed by atoms with Crippen molar-refractivity contribution >= 4 is 48.8 Å². The summed E-state index contributed by atoms with van der Waals surface area (Å²) in [4.78, 5) is 18.7. The van der Waals surface area contributed by atoms with Crippen molar-refractivity contribution in [1.82, 2.24) is 29.8 Å². The first-order valence-electron chi connectivity index (χ1n) is 13.1. The van der Waals surface area contributed by atoms with Crippen LogP contribution in [0.2, 0.25) is 0 Å². The smallest absolute Gasteiger partial charge is 0.164 e. The molecule has 0 atom stereocenters. The van der Waals surface area contributed by atoms with E-state index in [1.54, 1.807) is 23.7 Å². The lowest BCUT2D eigenvalue weighted by atomic mass is 10.1. The van der Waals surface area contributed by atoms with Crippen LogP contribution in [-0.2, 0) is 0 Å². The molecule has 8 rings (SSSR count). The second-order valence-corrected chi connectivity index (χ2v) is 10.6. The Morgan fingerprint density at radius 2 is 1.50 bits per heavy atom. The van der Waals surface area contributed by atoms with Crippen molar-refractivity contribution in [3.05, 3.63) is 121 Å². The van der Waals surface area contributed by atoms with Gasteiger partial charge in [-0.15, -0.1) is 11.3 Å². The number of thiophene rings is 1. The maximum absolute atomic E-state index is 4.88. The van der Waals surface area contributed by atoms with E-state index in [0.717, 1.165) is 28.9 Å². The molecule has 1 aliphatic heterocycles. The van der Waals surface area contributed by atoms with Crippen LogP contribution < -0.4 is 5.32 Å². The van der Waals surface area contributed by atoms with Crippen molar-refractivity contribution in [2.24, 2.45) is 0 Å². The molecule has 3 aromatic carbocycles. The van der Waals surface area contributed by atoms with E-state index in [9.17, 15) is 0 Å². The molecule has 0 aliphatic carbocycles. The fourth-order valence-electron chi connectivity index (χ4n) is 5.40. The summed E-state index contributed by atoms with van der Waals surface area (Å²) >= 11 is 1.80. The van der Waals surface area contributed by atoms with Gasteiger partial charge < -0.3 is 9.88 Å². The zero-order valence-electron chi connectivity index (χ0n) is 21.3. The number of dihydropyridines is 1. The second kappa shape index (κ2) is 9.25. The molecule has 7 heteroatoms. The third-order valence-electron chi connectivity index (χ3n) is 7.29. The van der Waals surface area contributed by atoms with Crippen molar-refractivity contribution in [3.8, 4) is 28.5 Å². The molecule has 7 aromatic rings. The number of rotatable bonds is 4. The number of aromatic nitrogens is 5. The fourth-order valence-corrected chi connectivity index (χ4v) is 6.36. The first kappa shape index (κ1) is 22.8. The first-order chi connectivity index (χ1) is 19.8. The van der Waals surface area contributed by atoms with Gasteiger partial charge in [0.15, 0.2) is 17.5 Å². The topological polar surface area (TPSA) is 68.5 Å². The van der Waals surface area contributed by atoms with Crippen LogP contribution in [0.1, 0.15) is 5.82 Å². The van der Waals surface area contributed by atoms with Gasteiger partial charge in [0.05, 0.1) is 11.0 Å². The van der Waals surface area contributed by atoms with Gasteiger partial charge in [0.2, 0.25) is 0 Å². The van der Waals surface area contributed by atoms with Gasteiger partial charge in [0.1, 0.15) is 0 Å². The predicted molar refractivity (Wildman–Crippen MR) is 163 cm³/mol. The third-order valence-corrected chi connectivity index (χ3v) is 8.24. The lowest BCUT2D eigenvalue weighted by Crippen LogP contribution is -2.10. The Morgan fingerprint density at radius 1 is 0.725 bits per heavy atom. The highest BCUT2D eigenvalue weighted by Gasteiger charge is 2.17. The fraction of sp³-hybridized carbons (Fsp3) is 0.0303. The molecule has 0 bridgehead atoms. The number of hydrogen-bond acceptors (Lipinski definition) is 6. The molecule has 0 saturated heterocycles. The number of benzene rings is 3. The summed E-state index contributed by atoms with van der Waals surface area (Å²) in [5.41, 5.74) is 6.30. The predicted octanol–water partition coefficient (Wildman–Crippen LogP) is 7.41. The van der Waals surface area contributed by atoms with E-state index in [1.807, 2.05) is 24.4 Å². The highest BCUT2D eigenvalue weighted by molar-refractivity contribution is 7.18. The monoisotopic (exact) mass is 534 g/mol. The summed E-state index contributed by atoms with van der Waals surface area (Å²) in [5, 5.41) is 9.22. The maximum Gasteiger partial charge on any atom is 0.164 e. The van der Waals surface area contributed by atoms with Crippen molar-refractivity contribution in [2.45, 2.75) is 0 Å². The Labute approximate surface area is 234 Å². The molecule has 0 amide bonds. The molecule has 0 fully saturated rings. The van der Waals surface area contributed by atoms with E-state index in [-0.39, 0.29) is 0 Å². The van der Waals surface area contributed by atoms with Crippen molar-refractivity contribution in [3.63, 3.8) is 0 Å². The Balaban J connectivity index is 1.28. The molecule has 6 nitrogen and oxygen atoms in total. The molecule has 0 saturated carbocycles. The SMILES string of the molecule is C1=CC(c2nc(-c3ccncc3)nc(-c3ccc(-n4c5ccccc5c5c6sccc6ccc54)cc3)n2)=CCN1. The Bertz CT molecular complexity index is 2100. The zero-order valence-corrected chi connectivity index (χ0v) is 22.1. The van der Waals surface area contributed by atoms with Crippen molar-refractivity contribution < 1.29 is 0 Å². The van der Waals surface area contributed by atoms with Crippen molar-refractivity contribution in [1.29, 1.82) is 0 Å². The first-order valence-corrected chi connectivity index (χ1v) is 14.0. The van der Waals surface area contributed by atoms with Crippen LogP contribution in [0, 0.1) is 0 Å². The largest absolute Gasteiger partial charge is 0.387 e. The van der Waals surface area contributed by atoms with Crippen LogP contribution in [0.5, 0.6) is 0 Å². The molecule has 1 N–H and O–H groups in total. The van der Waals surface area contributed by atoms with E-state index in [1.165, 1.54) is 31.9 Å². The molecular formula is C33H22N6S. The second-order valence-electron chi connectivity index (χ2n) is 9.64. The molecule has 0 unspecified atom stereocenters. The molecule has 4 aromatic heterocycles. The molecule has 0 radical (unpaired) electrons. The molecule has 5 heterocycles. The number of nitrogens with one attached hydrogen (secondary N) is 1. The normalized spacial score (nSPS) is 13.2. The average Bonchev–Trinajstić information content (AvgIpc) is 3.64. The summed E-state index contributed by atoms with van der Waals surface area (Å²) in [6.45, 7) is 0.739. The minimum atomic E-state index is 0.627. The van der Waals surface area contributed by atoms with Crippen LogP contribution in [0.15, 0.2) is 115 Å². The lowest BCUT2D eigenvalue weighted by Gasteiger charge is -2.12. The quantitative estimate of drug-likeness (QED) is 0.255. The Hall–Kier alpha value is -5.14. The summed E-state index contributed by atoms with van der Waals surface area (Å²) in [5.74, 6) is 1.92. The van der Waals surface area contributed by atoms with Gasteiger partial charge in [-0.25, -0.2) is 15.0 Å². The van der Waals surface area contributed by atoms with Gasteiger partial charge in [-0.05, 0) is 77.6 Å². The third kappa shape index (κ3) is 3.71. The van der Waals surface area contributed by atoms with Crippen LogP contribution in [-0.4, -0.2) is 31.0 Å². The van der Waals surface area contributed by atoms with E-state index < -0.39 is 0 Å². The Kier molecular flexibility index (Phi) is 5.28. The molecule has 190 valence electrons. The van der Waals surface area contributed by atoms with Gasteiger partial charge in [-0.2, -0.15) is 0 Å². The van der Waals surface area contributed by atoms with Gasteiger partial charge in [-0.3, -0.25) is 4.98 Å². The number of para-hydroxylation sites is 1. The maximum atomic E-state index is 4.88. The van der Waals surface area contributed by atoms with Crippen LogP contribution >= 0.6 is 11.3 Å². The van der Waals surface area contributed by atoms with Crippen molar-refractivity contribution in [2.75, 3.05) is 6.54 Å². The Morgan fingerprint density at radius 3 is 2.30 bits per heavy atom. The van der Waals surface area contributed by atoms with E-state index in [4.69, 9.17) is 15.0 Å². The van der Waals surface area contributed by atoms with Gasteiger partial charge >= 0.3 is 0 Å². The highest BCUT2D eigenvalue weighted by Crippen LogP contribution is 2.39. The number of fused-ring (bicyclic) bond motifs is 5.